The predicted molar refractivity (Wildman–Crippen MR) is 114 cm³/mol. The summed E-state index contributed by atoms with van der Waals surface area (Å²) >= 11 is 0. The third-order valence-electron chi connectivity index (χ3n) is 4.98. The molecular formula is C24H26N2Pt. The van der Waals surface area contributed by atoms with Gasteiger partial charge in [-0.2, -0.15) is 0 Å². The number of allylic oxidation sites excluding steroid dienone is 2. The van der Waals surface area contributed by atoms with Gasteiger partial charge in [0.25, 0.3) is 0 Å². The molecule has 2 aliphatic heterocycles. The van der Waals surface area contributed by atoms with Crippen LogP contribution in [0.25, 0.3) is 0 Å². The van der Waals surface area contributed by atoms with Crippen molar-refractivity contribution in [3.63, 3.8) is 0 Å². The van der Waals surface area contributed by atoms with Gasteiger partial charge < -0.3 is 0 Å². The van der Waals surface area contributed by atoms with E-state index in [2.05, 4.69) is 73.4 Å². The second kappa shape index (κ2) is 8.76. The summed E-state index contributed by atoms with van der Waals surface area (Å²) in [4.78, 5) is 9.10. The van der Waals surface area contributed by atoms with Gasteiger partial charge in [0.1, 0.15) is 0 Å². The fraction of sp³-hybridized carbons (Fsp3) is 0.250. The van der Waals surface area contributed by atoms with Crippen molar-refractivity contribution in [1.29, 1.82) is 0 Å². The molecule has 0 saturated carbocycles. The first-order valence-corrected chi connectivity index (χ1v) is 9.07. The molecule has 0 radical (unpaired) electrons. The van der Waals surface area contributed by atoms with Gasteiger partial charge in [-0.05, 0) is 48.3 Å². The molecule has 0 fully saturated rings. The van der Waals surface area contributed by atoms with Crippen LogP contribution in [0, 0.1) is 0 Å². The van der Waals surface area contributed by atoms with Crippen molar-refractivity contribution in [3.05, 3.63) is 84.0 Å². The summed E-state index contributed by atoms with van der Waals surface area (Å²) in [6.45, 7) is 16.3. The van der Waals surface area contributed by atoms with Crippen molar-refractivity contribution in [2.24, 2.45) is 9.98 Å². The van der Waals surface area contributed by atoms with Crippen LogP contribution < -0.4 is 0 Å². The van der Waals surface area contributed by atoms with E-state index < -0.39 is 0 Å². The van der Waals surface area contributed by atoms with Crippen LogP contribution in [-0.2, 0) is 21.1 Å². The number of rotatable bonds is 2. The van der Waals surface area contributed by atoms with Crippen LogP contribution in [0.3, 0.4) is 0 Å². The van der Waals surface area contributed by atoms with Gasteiger partial charge in [-0.25, -0.2) is 0 Å². The number of hydrogen-bond acceptors (Lipinski definition) is 2. The minimum atomic E-state index is 0. The van der Waals surface area contributed by atoms with Gasteiger partial charge in [0.2, 0.25) is 0 Å². The molecule has 0 N–H and O–H groups in total. The molecule has 2 atom stereocenters. The number of para-hydroxylation sites is 2. The van der Waals surface area contributed by atoms with Gasteiger partial charge >= 0.3 is 0 Å². The van der Waals surface area contributed by atoms with Crippen LogP contribution in [-0.4, -0.2) is 11.4 Å². The van der Waals surface area contributed by atoms with Crippen LogP contribution in [0.4, 0.5) is 11.4 Å². The summed E-state index contributed by atoms with van der Waals surface area (Å²) in [6.07, 6.45) is 0. The normalized spacial score (nSPS) is 18.8. The van der Waals surface area contributed by atoms with E-state index in [1.54, 1.807) is 0 Å². The number of hydrogen-bond donors (Lipinski definition) is 0. The Bertz CT molecular complexity index is 859. The molecule has 0 saturated heterocycles. The van der Waals surface area contributed by atoms with Crippen LogP contribution in [0.15, 0.2) is 82.8 Å². The van der Waals surface area contributed by atoms with Crippen molar-refractivity contribution >= 4 is 22.8 Å². The Morgan fingerprint density at radius 2 is 1.04 bits per heavy atom. The first-order chi connectivity index (χ1) is 12.4. The zero-order chi connectivity index (χ0) is 18.8. The summed E-state index contributed by atoms with van der Waals surface area (Å²) in [7, 11) is 0. The summed E-state index contributed by atoms with van der Waals surface area (Å²) < 4.78 is 0. The largest absolute Gasteiger partial charge is 0.252 e. The van der Waals surface area contributed by atoms with E-state index in [1.165, 1.54) is 11.1 Å². The van der Waals surface area contributed by atoms with E-state index in [0.29, 0.717) is 11.8 Å². The summed E-state index contributed by atoms with van der Waals surface area (Å²) in [5.74, 6) is 0.822. The maximum atomic E-state index is 4.55. The van der Waals surface area contributed by atoms with E-state index in [9.17, 15) is 0 Å². The van der Waals surface area contributed by atoms with Crippen molar-refractivity contribution in [2.45, 2.75) is 39.5 Å². The average molecular weight is 538 g/mol. The van der Waals surface area contributed by atoms with Crippen LogP contribution >= 0.6 is 0 Å². The Balaban J connectivity index is 0.000000187. The molecule has 0 spiro atoms. The molecular weight excluding hydrogens is 511 g/mol. The molecule has 3 heteroatoms. The quantitative estimate of drug-likeness (QED) is 0.398. The molecule has 0 aliphatic carbocycles. The molecule has 142 valence electrons. The minimum absolute atomic E-state index is 0. The Morgan fingerprint density at radius 3 is 1.33 bits per heavy atom. The monoisotopic (exact) mass is 537 g/mol. The Kier molecular flexibility index (Phi) is 6.89. The fourth-order valence-electron chi connectivity index (χ4n) is 3.59. The third-order valence-corrected chi connectivity index (χ3v) is 4.98. The van der Waals surface area contributed by atoms with Gasteiger partial charge in [-0.1, -0.05) is 63.4 Å². The van der Waals surface area contributed by atoms with Crippen molar-refractivity contribution in [2.75, 3.05) is 0 Å². The molecule has 0 amide bonds. The number of aliphatic imine (C=N–C) groups is 2. The van der Waals surface area contributed by atoms with Gasteiger partial charge in [-0.3, -0.25) is 9.98 Å². The molecule has 2 aromatic rings. The standard InChI is InChI=1S/2C12H13N.Pt/c2*1-8(2)12-9(3)10-6-4-5-7-11(10)13-12;/h2*4-7,9H,1H2,2-3H3;. The molecule has 2 nitrogen and oxygen atoms in total. The summed E-state index contributed by atoms with van der Waals surface area (Å²) in [5, 5.41) is 0. The summed E-state index contributed by atoms with van der Waals surface area (Å²) in [6, 6.07) is 16.6. The van der Waals surface area contributed by atoms with E-state index in [1.807, 2.05) is 26.0 Å². The molecule has 2 heterocycles. The van der Waals surface area contributed by atoms with Crippen LogP contribution in [0.2, 0.25) is 0 Å². The molecule has 2 aliphatic rings. The molecule has 27 heavy (non-hydrogen) atoms. The molecule has 2 unspecified atom stereocenters. The van der Waals surface area contributed by atoms with Gasteiger partial charge in [0.05, 0.1) is 22.8 Å². The van der Waals surface area contributed by atoms with E-state index in [0.717, 1.165) is 33.9 Å². The minimum Gasteiger partial charge on any atom is -0.252 e. The second-order valence-corrected chi connectivity index (χ2v) is 7.12. The van der Waals surface area contributed by atoms with Crippen LogP contribution in [0.5, 0.6) is 0 Å². The van der Waals surface area contributed by atoms with Crippen molar-refractivity contribution in [1.82, 2.24) is 0 Å². The zero-order valence-corrected chi connectivity index (χ0v) is 18.7. The maximum absolute atomic E-state index is 4.55. The first kappa shape index (κ1) is 21.3. The Morgan fingerprint density at radius 1 is 0.704 bits per heavy atom. The topological polar surface area (TPSA) is 24.7 Å². The molecule has 2 aromatic carbocycles. The smallest absolute Gasteiger partial charge is 0.0672 e. The fourth-order valence-corrected chi connectivity index (χ4v) is 3.59. The van der Waals surface area contributed by atoms with E-state index in [4.69, 9.17) is 0 Å². The van der Waals surface area contributed by atoms with E-state index >= 15 is 0 Å². The zero-order valence-electron chi connectivity index (χ0n) is 16.4. The van der Waals surface area contributed by atoms with E-state index in [-0.39, 0.29) is 21.1 Å². The van der Waals surface area contributed by atoms with Gasteiger partial charge in [-0.15, -0.1) is 0 Å². The predicted octanol–water partition coefficient (Wildman–Crippen LogP) is 6.90. The van der Waals surface area contributed by atoms with Crippen molar-refractivity contribution in [3.8, 4) is 0 Å². The average Bonchev–Trinajstić information content (AvgIpc) is 3.14. The maximum Gasteiger partial charge on any atom is 0.0672 e. The SMILES string of the molecule is C=C(C)C1=Nc2ccccc2C1C.C=C(C)C1=Nc2ccccc2C1C.[Pt]. The Hall–Kier alpha value is -2.05. The number of nitrogens with zero attached hydrogens (tertiary/aromatic N) is 2. The van der Waals surface area contributed by atoms with Crippen LogP contribution in [0.1, 0.15) is 50.7 Å². The third kappa shape index (κ3) is 4.27. The molecule has 4 rings (SSSR count). The van der Waals surface area contributed by atoms with Crippen molar-refractivity contribution < 1.29 is 21.1 Å². The molecule has 0 bridgehead atoms. The van der Waals surface area contributed by atoms with Gasteiger partial charge in [0.15, 0.2) is 0 Å². The number of benzene rings is 2. The summed E-state index contributed by atoms with van der Waals surface area (Å²) in [5.41, 5.74) is 9.25. The first-order valence-electron chi connectivity index (χ1n) is 9.07. The molecule has 0 aromatic heterocycles. The number of fused-ring (bicyclic) bond motifs is 2. The second-order valence-electron chi connectivity index (χ2n) is 7.12. The van der Waals surface area contributed by atoms with Gasteiger partial charge in [0, 0.05) is 32.9 Å². The Labute approximate surface area is 177 Å².